The summed E-state index contributed by atoms with van der Waals surface area (Å²) in [6.07, 6.45) is 0. The molecule has 1 aliphatic rings. The molecule has 1 N–H and O–H groups in total. The molecule has 2 aromatic heterocycles. The van der Waals surface area contributed by atoms with Gasteiger partial charge < -0.3 is 23.4 Å². The third kappa shape index (κ3) is 3.31. The lowest BCUT2D eigenvalue weighted by Crippen LogP contribution is -2.30. The van der Waals surface area contributed by atoms with Crippen LogP contribution in [0.2, 0.25) is 0 Å². The van der Waals surface area contributed by atoms with Gasteiger partial charge in [-0.25, -0.2) is 0 Å². The van der Waals surface area contributed by atoms with Crippen LogP contribution in [-0.4, -0.2) is 31.0 Å². The van der Waals surface area contributed by atoms with Gasteiger partial charge in [0.05, 0.1) is 19.8 Å². The molecule has 0 spiro atoms. The van der Waals surface area contributed by atoms with Gasteiger partial charge in [-0.05, 0) is 55.5 Å². The van der Waals surface area contributed by atoms with Crippen molar-refractivity contribution in [1.29, 1.82) is 0 Å². The number of nitrogens with zero attached hydrogens (tertiary/aromatic N) is 1. The number of carbonyl (C=O) groups excluding carboxylic acids is 2. The van der Waals surface area contributed by atoms with Gasteiger partial charge in [0.1, 0.15) is 23.3 Å². The van der Waals surface area contributed by atoms with Crippen LogP contribution in [0.15, 0.2) is 80.8 Å². The first-order valence-corrected chi connectivity index (χ1v) is 10.5. The van der Waals surface area contributed by atoms with E-state index in [4.69, 9.17) is 18.3 Å². The maximum atomic E-state index is 13.6. The molecule has 0 saturated heterocycles. The zero-order valence-electron chi connectivity index (χ0n) is 18.7. The summed E-state index contributed by atoms with van der Waals surface area (Å²) in [5, 5.41) is 11.5. The number of furan rings is 2. The van der Waals surface area contributed by atoms with Crippen molar-refractivity contribution in [3.8, 4) is 11.5 Å². The van der Waals surface area contributed by atoms with Crippen molar-refractivity contribution in [2.24, 2.45) is 0 Å². The van der Waals surface area contributed by atoms with Crippen LogP contribution >= 0.6 is 0 Å². The first kappa shape index (κ1) is 21.4. The number of fused-ring (bicyclic) bond motifs is 1. The molecule has 1 unspecified atom stereocenters. The Morgan fingerprint density at radius 3 is 2.41 bits per heavy atom. The minimum absolute atomic E-state index is 0.0290. The van der Waals surface area contributed by atoms with Crippen LogP contribution < -0.4 is 14.4 Å². The van der Waals surface area contributed by atoms with Crippen molar-refractivity contribution < 1.29 is 33.0 Å². The molecule has 0 aliphatic carbocycles. The molecular weight excluding hydrogens is 438 g/mol. The molecule has 34 heavy (non-hydrogen) atoms. The first-order chi connectivity index (χ1) is 16.4. The van der Waals surface area contributed by atoms with Gasteiger partial charge in [-0.1, -0.05) is 12.1 Å². The Morgan fingerprint density at radius 1 is 1.00 bits per heavy atom. The number of carbonyl (C=O) groups is 2. The van der Waals surface area contributed by atoms with Gasteiger partial charge in [0.25, 0.3) is 5.91 Å². The van der Waals surface area contributed by atoms with E-state index in [-0.39, 0.29) is 11.3 Å². The highest BCUT2D eigenvalue weighted by molar-refractivity contribution is 6.20. The molecular formula is C26H21NO7. The van der Waals surface area contributed by atoms with Crippen molar-refractivity contribution in [1.82, 2.24) is 0 Å². The number of Topliss-reactive ketones (excluding diaryl/α,β-unsaturated/α-hetero) is 1. The molecule has 8 nitrogen and oxygen atoms in total. The summed E-state index contributed by atoms with van der Waals surface area (Å²) in [7, 11) is 3.04. The second kappa shape index (κ2) is 8.15. The van der Waals surface area contributed by atoms with E-state index < -0.39 is 23.5 Å². The highest BCUT2D eigenvalue weighted by Gasteiger charge is 2.47. The molecule has 0 radical (unpaired) electrons. The topological polar surface area (TPSA) is 102 Å². The van der Waals surface area contributed by atoms with E-state index >= 15 is 0 Å². The lowest BCUT2D eigenvalue weighted by atomic mass is 9.99. The van der Waals surface area contributed by atoms with E-state index in [0.29, 0.717) is 39.7 Å². The Morgan fingerprint density at radius 2 is 1.76 bits per heavy atom. The third-order valence-corrected chi connectivity index (χ3v) is 5.79. The maximum absolute atomic E-state index is 13.6. The number of rotatable bonds is 6. The van der Waals surface area contributed by atoms with Crippen LogP contribution in [0.4, 0.5) is 5.69 Å². The smallest absolute Gasteiger partial charge is 0.294 e. The van der Waals surface area contributed by atoms with Gasteiger partial charge in [-0.2, -0.15) is 0 Å². The number of aliphatic hydroxyl groups is 1. The number of hydrogen-bond acceptors (Lipinski definition) is 7. The molecule has 0 saturated carbocycles. The molecule has 1 aliphatic heterocycles. The maximum Gasteiger partial charge on any atom is 0.294 e. The summed E-state index contributed by atoms with van der Waals surface area (Å²) in [4.78, 5) is 28.2. The summed E-state index contributed by atoms with van der Waals surface area (Å²) in [6, 6.07) is 16.0. The van der Waals surface area contributed by atoms with Crippen LogP contribution in [0.3, 0.4) is 0 Å². The number of anilines is 1. The van der Waals surface area contributed by atoms with Crippen LogP contribution in [0, 0.1) is 6.92 Å². The van der Waals surface area contributed by atoms with Gasteiger partial charge in [-0.3, -0.25) is 14.5 Å². The summed E-state index contributed by atoms with van der Waals surface area (Å²) < 4.78 is 22.1. The molecule has 8 heteroatoms. The van der Waals surface area contributed by atoms with E-state index in [2.05, 4.69) is 0 Å². The van der Waals surface area contributed by atoms with Crippen molar-refractivity contribution in [2.45, 2.75) is 13.0 Å². The van der Waals surface area contributed by atoms with Gasteiger partial charge in [0.2, 0.25) is 5.78 Å². The average Bonchev–Trinajstić information content (AvgIpc) is 3.55. The second-order valence-corrected chi connectivity index (χ2v) is 7.80. The number of aryl methyl sites for hydroxylation is 1. The molecule has 0 bridgehead atoms. The highest BCUT2D eigenvalue weighted by atomic mass is 16.5. The lowest BCUT2D eigenvalue weighted by molar-refractivity contribution is -0.117. The molecule has 172 valence electrons. The number of ketones is 1. The Labute approximate surface area is 194 Å². The predicted molar refractivity (Wildman–Crippen MR) is 123 cm³/mol. The number of amides is 1. The fourth-order valence-electron chi connectivity index (χ4n) is 4.16. The van der Waals surface area contributed by atoms with Crippen LogP contribution in [0.1, 0.15) is 28.1 Å². The molecule has 0 fully saturated rings. The van der Waals surface area contributed by atoms with Crippen LogP contribution in [0.25, 0.3) is 11.0 Å². The van der Waals surface area contributed by atoms with Gasteiger partial charge in [-0.15, -0.1) is 0 Å². The van der Waals surface area contributed by atoms with Gasteiger partial charge in [0.15, 0.2) is 22.9 Å². The SMILES string of the molecule is COc1ccc(N2C(=O)C(O)=C(C(=O)c3cc4cccc(OC)c4o3)C2c2ccc(C)o2)cc1. The Hall–Kier alpha value is -4.46. The van der Waals surface area contributed by atoms with Gasteiger partial charge in [0, 0.05) is 11.1 Å². The van der Waals surface area contributed by atoms with Crippen molar-refractivity contribution in [3.05, 3.63) is 89.3 Å². The Kier molecular flexibility index (Phi) is 5.13. The first-order valence-electron chi connectivity index (χ1n) is 10.5. The van der Waals surface area contributed by atoms with E-state index in [0.717, 1.165) is 0 Å². The largest absolute Gasteiger partial charge is 0.503 e. The summed E-state index contributed by atoms with van der Waals surface area (Å²) in [5.41, 5.74) is 0.730. The van der Waals surface area contributed by atoms with Crippen molar-refractivity contribution >= 4 is 28.3 Å². The lowest BCUT2D eigenvalue weighted by Gasteiger charge is -2.25. The van der Waals surface area contributed by atoms with E-state index in [9.17, 15) is 14.7 Å². The quantitative estimate of drug-likeness (QED) is 0.399. The van der Waals surface area contributed by atoms with Crippen LogP contribution in [-0.2, 0) is 4.79 Å². The van der Waals surface area contributed by atoms with Crippen molar-refractivity contribution in [2.75, 3.05) is 19.1 Å². The highest BCUT2D eigenvalue weighted by Crippen LogP contribution is 2.43. The summed E-state index contributed by atoms with van der Waals surface area (Å²) in [5.74, 6) is -0.0289. The number of aliphatic hydroxyl groups excluding tert-OH is 1. The fourth-order valence-corrected chi connectivity index (χ4v) is 4.16. The predicted octanol–water partition coefficient (Wildman–Crippen LogP) is 5.13. The van der Waals surface area contributed by atoms with Crippen LogP contribution in [0.5, 0.6) is 11.5 Å². The number of methoxy groups -OCH3 is 2. The van der Waals surface area contributed by atoms with Crippen molar-refractivity contribution in [3.63, 3.8) is 0 Å². The third-order valence-electron chi connectivity index (χ3n) is 5.79. The van der Waals surface area contributed by atoms with Gasteiger partial charge >= 0.3 is 0 Å². The van der Waals surface area contributed by atoms with E-state index in [1.807, 2.05) is 0 Å². The number of ether oxygens (including phenoxy) is 2. The fraction of sp³-hybridized carbons (Fsp3) is 0.154. The minimum Gasteiger partial charge on any atom is -0.503 e. The molecule has 4 aromatic rings. The van der Waals surface area contributed by atoms with E-state index in [1.54, 1.807) is 67.6 Å². The minimum atomic E-state index is -0.989. The molecule has 1 atom stereocenters. The average molecular weight is 459 g/mol. The molecule has 1 amide bonds. The summed E-state index contributed by atoms with van der Waals surface area (Å²) in [6.45, 7) is 1.76. The standard InChI is InChI=1S/C26H21NO7/c1-14-7-12-18(33-14)22-21(23(28)20-13-15-5-4-6-19(32-3)25(15)34-20)24(29)26(30)27(22)16-8-10-17(31-2)11-9-16/h4-13,22,29H,1-3H3. The van der Waals surface area contributed by atoms with E-state index in [1.165, 1.54) is 19.1 Å². The summed E-state index contributed by atoms with van der Waals surface area (Å²) >= 11 is 0. The number of benzene rings is 2. The number of hydrogen-bond donors (Lipinski definition) is 1. The molecule has 2 aromatic carbocycles. The zero-order valence-corrected chi connectivity index (χ0v) is 18.7. The Balaban J connectivity index is 1.63. The zero-order chi connectivity index (χ0) is 24.0. The second-order valence-electron chi connectivity index (χ2n) is 7.80. The number of para-hydroxylation sites is 1. The monoisotopic (exact) mass is 459 g/mol. The normalized spacial score (nSPS) is 15.9. The molecule has 5 rings (SSSR count). The Bertz CT molecular complexity index is 1440. The molecule has 3 heterocycles.